The highest BCUT2D eigenvalue weighted by atomic mass is 16.7. The Balaban J connectivity index is 1.26. The molecule has 27 heavy (non-hydrogen) atoms. The van der Waals surface area contributed by atoms with Crippen molar-refractivity contribution in [1.29, 1.82) is 0 Å². The second-order valence-corrected chi connectivity index (χ2v) is 5.66. The number of ether oxygens (including phenoxy) is 4. The van der Waals surface area contributed by atoms with Crippen molar-refractivity contribution in [3.05, 3.63) is 47.5 Å². The van der Waals surface area contributed by atoms with E-state index in [4.69, 9.17) is 18.9 Å². The van der Waals surface area contributed by atoms with Crippen molar-refractivity contribution in [1.82, 2.24) is 10.7 Å². The molecule has 138 valence electrons. The number of rotatable bonds is 5. The molecule has 4 rings (SSSR count). The van der Waals surface area contributed by atoms with Crippen LogP contribution < -0.4 is 29.7 Å². The highest BCUT2D eigenvalue weighted by molar-refractivity contribution is 5.97. The summed E-state index contributed by atoms with van der Waals surface area (Å²) in [6, 6.07) is 10.1. The lowest BCUT2D eigenvalue weighted by atomic mass is 10.2. The third-order valence-corrected chi connectivity index (χ3v) is 3.84. The molecule has 2 aliphatic heterocycles. The third kappa shape index (κ3) is 3.76. The summed E-state index contributed by atoms with van der Waals surface area (Å²) in [6.07, 6.45) is 1.47. The van der Waals surface area contributed by atoms with Gasteiger partial charge in [-0.3, -0.25) is 9.59 Å². The van der Waals surface area contributed by atoms with Crippen LogP contribution in [0.2, 0.25) is 0 Å². The van der Waals surface area contributed by atoms with Crippen molar-refractivity contribution in [2.24, 2.45) is 5.10 Å². The largest absolute Gasteiger partial charge is 0.454 e. The van der Waals surface area contributed by atoms with Crippen LogP contribution >= 0.6 is 0 Å². The molecule has 0 aliphatic carbocycles. The molecule has 2 N–H and O–H groups in total. The van der Waals surface area contributed by atoms with Gasteiger partial charge in [0.15, 0.2) is 23.0 Å². The maximum Gasteiger partial charge on any atom is 0.259 e. The van der Waals surface area contributed by atoms with Crippen LogP contribution in [0.4, 0.5) is 0 Å². The van der Waals surface area contributed by atoms with Crippen molar-refractivity contribution < 1.29 is 28.5 Å². The first kappa shape index (κ1) is 16.7. The van der Waals surface area contributed by atoms with Crippen LogP contribution in [0.1, 0.15) is 15.9 Å². The number of hydrazone groups is 1. The van der Waals surface area contributed by atoms with E-state index in [2.05, 4.69) is 15.8 Å². The first-order valence-electron chi connectivity index (χ1n) is 8.08. The number of fused-ring (bicyclic) bond motifs is 2. The van der Waals surface area contributed by atoms with Gasteiger partial charge in [0.25, 0.3) is 11.8 Å². The summed E-state index contributed by atoms with van der Waals surface area (Å²) in [7, 11) is 0. The molecule has 9 nitrogen and oxygen atoms in total. The monoisotopic (exact) mass is 369 g/mol. The summed E-state index contributed by atoms with van der Waals surface area (Å²) in [5, 5.41) is 6.37. The SMILES string of the molecule is O=C(CNC(=O)c1ccc2c(c1)OCO2)NN=Cc1ccc2c(c1)OCO2. The van der Waals surface area contributed by atoms with Gasteiger partial charge in [-0.05, 0) is 42.0 Å². The molecule has 0 unspecified atom stereocenters. The molecule has 0 radical (unpaired) electrons. The van der Waals surface area contributed by atoms with Gasteiger partial charge in [-0.1, -0.05) is 0 Å². The second kappa shape index (κ2) is 7.24. The molecule has 0 spiro atoms. The molecule has 2 aliphatic rings. The number of carbonyl (C=O) groups excluding carboxylic acids is 2. The molecule has 0 atom stereocenters. The van der Waals surface area contributed by atoms with E-state index in [1.54, 1.807) is 36.4 Å². The number of benzene rings is 2. The predicted octanol–water partition coefficient (Wildman–Crippen LogP) is 1.02. The average Bonchev–Trinajstić information content (AvgIpc) is 3.34. The second-order valence-electron chi connectivity index (χ2n) is 5.66. The molecule has 2 aromatic carbocycles. The van der Waals surface area contributed by atoms with Gasteiger partial charge in [-0.15, -0.1) is 0 Å². The van der Waals surface area contributed by atoms with Gasteiger partial charge in [0, 0.05) is 5.56 Å². The van der Waals surface area contributed by atoms with E-state index >= 15 is 0 Å². The molecule has 0 aromatic heterocycles. The van der Waals surface area contributed by atoms with E-state index in [-0.39, 0.29) is 20.1 Å². The van der Waals surface area contributed by atoms with E-state index in [9.17, 15) is 9.59 Å². The molecule has 2 amide bonds. The van der Waals surface area contributed by atoms with Crippen LogP contribution in [-0.4, -0.2) is 38.2 Å². The summed E-state index contributed by atoms with van der Waals surface area (Å²) >= 11 is 0. The fourth-order valence-electron chi connectivity index (χ4n) is 2.51. The minimum Gasteiger partial charge on any atom is -0.454 e. The number of amides is 2. The Bertz CT molecular complexity index is 927. The van der Waals surface area contributed by atoms with Crippen molar-refractivity contribution in [3.63, 3.8) is 0 Å². The molecule has 0 saturated carbocycles. The Labute approximate surface area is 153 Å². The van der Waals surface area contributed by atoms with Gasteiger partial charge in [-0.2, -0.15) is 5.10 Å². The van der Waals surface area contributed by atoms with Gasteiger partial charge < -0.3 is 24.3 Å². The Morgan fingerprint density at radius 3 is 2.37 bits per heavy atom. The summed E-state index contributed by atoms with van der Waals surface area (Å²) in [5.41, 5.74) is 3.46. The summed E-state index contributed by atoms with van der Waals surface area (Å²) < 4.78 is 20.9. The Morgan fingerprint density at radius 1 is 0.926 bits per heavy atom. The van der Waals surface area contributed by atoms with Crippen molar-refractivity contribution in [2.45, 2.75) is 0 Å². The number of nitrogens with zero attached hydrogens (tertiary/aromatic N) is 1. The quantitative estimate of drug-likeness (QED) is 0.602. The lowest BCUT2D eigenvalue weighted by Crippen LogP contribution is -2.34. The number of nitrogens with one attached hydrogen (secondary N) is 2. The zero-order valence-corrected chi connectivity index (χ0v) is 14.1. The molecule has 0 fully saturated rings. The lowest BCUT2D eigenvalue weighted by molar-refractivity contribution is -0.120. The molecule has 9 heteroatoms. The van der Waals surface area contributed by atoms with Crippen molar-refractivity contribution in [3.8, 4) is 23.0 Å². The summed E-state index contributed by atoms with van der Waals surface area (Å²) in [5.74, 6) is 1.52. The summed E-state index contributed by atoms with van der Waals surface area (Å²) in [4.78, 5) is 23.9. The van der Waals surface area contributed by atoms with Gasteiger partial charge in [0.1, 0.15) is 0 Å². The zero-order chi connectivity index (χ0) is 18.6. The van der Waals surface area contributed by atoms with Crippen molar-refractivity contribution >= 4 is 18.0 Å². The highest BCUT2D eigenvalue weighted by Gasteiger charge is 2.16. The lowest BCUT2D eigenvalue weighted by Gasteiger charge is -2.05. The molecule has 2 heterocycles. The van der Waals surface area contributed by atoms with Crippen LogP contribution in [0.5, 0.6) is 23.0 Å². The normalized spacial score (nSPS) is 13.6. The molecule has 2 aromatic rings. The third-order valence-electron chi connectivity index (χ3n) is 3.84. The van der Waals surface area contributed by atoms with Crippen LogP contribution in [-0.2, 0) is 4.79 Å². The first-order valence-corrected chi connectivity index (χ1v) is 8.08. The Hall–Kier alpha value is -3.75. The van der Waals surface area contributed by atoms with Crippen LogP contribution in [0.25, 0.3) is 0 Å². The first-order chi connectivity index (χ1) is 13.2. The standard InChI is InChI=1S/C18H15N3O6/c22-17(21-20-7-11-1-3-13-15(5-11)26-9-24-13)8-19-18(23)12-2-4-14-16(6-12)27-10-25-14/h1-7H,8-10H2,(H,19,23)(H,21,22). The van der Waals surface area contributed by atoms with Gasteiger partial charge >= 0.3 is 0 Å². The average molecular weight is 369 g/mol. The molecule has 0 bridgehead atoms. The minimum atomic E-state index is -0.457. The maximum atomic E-state index is 12.1. The zero-order valence-electron chi connectivity index (χ0n) is 14.1. The van der Waals surface area contributed by atoms with E-state index in [1.807, 2.05) is 0 Å². The topological polar surface area (TPSA) is 107 Å². The van der Waals surface area contributed by atoms with Gasteiger partial charge in [-0.25, -0.2) is 5.43 Å². The smallest absolute Gasteiger partial charge is 0.259 e. The highest BCUT2D eigenvalue weighted by Crippen LogP contribution is 2.33. The fourth-order valence-corrected chi connectivity index (χ4v) is 2.51. The van der Waals surface area contributed by atoms with Crippen molar-refractivity contribution in [2.75, 3.05) is 20.1 Å². The molecule has 0 saturated heterocycles. The number of carbonyl (C=O) groups is 2. The fraction of sp³-hybridized carbons (Fsp3) is 0.167. The predicted molar refractivity (Wildman–Crippen MR) is 93.2 cm³/mol. The van der Waals surface area contributed by atoms with Crippen LogP contribution in [0, 0.1) is 0 Å². The number of hydrogen-bond acceptors (Lipinski definition) is 7. The molecular weight excluding hydrogens is 354 g/mol. The van der Waals surface area contributed by atoms with Gasteiger partial charge in [0.2, 0.25) is 13.6 Å². The van der Waals surface area contributed by atoms with Crippen LogP contribution in [0.15, 0.2) is 41.5 Å². The Morgan fingerprint density at radius 2 is 1.59 bits per heavy atom. The minimum absolute atomic E-state index is 0.129. The molecular formula is C18H15N3O6. The van der Waals surface area contributed by atoms with E-state index < -0.39 is 11.8 Å². The number of hydrogen-bond donors (Lipinski definition) is 2. The van der Waals surface area contributed by atoms with E-state index in [0.29, 0.717) is 28.6 Å². The maximum absolute atomic E-state index is 12.1. The van der Waals surface area contributed by atoms with Gasteiger partial charge in [0.05, 0.1) is 12.8 Å². The summed E-state index contributed by atoms with van der Waals surface area (Å²) in [6.45, 7) is 0.103. The Kier molecular flexibility index (Phi) is 4.48. The van der Waals surface area contributed by atoms with E-state index in [1.165, 1.54) is 6.21 Å². The van der Waals surface area contributed by atoms with Crippen LogP contribution in [0.3, 0.4) is 0 Å². The van der Waals surface area contributed by atoms with E-state index in [0.717, 1.165) is 5.56 Å².